The van der Waals surface area contributed by atoms with Crippen molar-refractivity contribution in [2.45, 2.75) is 78.4 Å². The average Bonchev–Trinajstić information content (AvgIpc) is 2.72. The fourth-order valence-electron chi connectivity index (χ4n) is 3.51. The molecule has 0 aliphatic rings. The second-order valence-corrected chi connectivity index (χ2v) is 11.3. The van der Waals surface area contributed by atoms with Crippen LogP contribution in [0.15, 0.2) is 42.5 Å². The predicted octanol–water partition coefficient (Wildman–Crippen LogP) is 6.39. The van der Waals surface area contributed by atoms with E-state index in [0.29, 0.717) is 27.8 Å². The second-order valence-electron chi connectivity index (χ2n) is 10.4. The Bertz CT molecular complexity index is 972. The Kier molecular flexibility index (Phi) is 9.44. The van der Waals surface area contributed by atoms with Gasteiger partial charge in [-0.15, -0.1) is 0 Å². The summed E-state index contributed by atoms with van der Waals surface area (Å²) in [6, 6.07) is 12.2. The minimum absolute atomic E-state index is 0.0220. The van der Waals surface area contributed by atoms with E-state index >= 15 is 0 Å². The third-order valence-electron chi connectivity index (χ3n) is 5.36. The van der Waals surface area contributed by atoms with E-state index in [4.69, 9.17) is 27.9 Å². The van der Waals surface area contributed by atoms with Crippen LogP contribution in [-0.4, -0.2) is 34.9 Å². The highest BCUT2D eigenvalue weighted by molar-refractivity contribution is 6.36. The number of hydrogen-bond acceptors (Lipinski definition) is 3. The molecular formula is C27H36Cl2N2O3. The molecule has 0 radical (unpaired) electrons. The lowest BCUT2D eigenvalue weighted by molar-refractivity contribution is -0.143. The van der Waals surface area contributed by atoms with Gasteiger partial charge in [0.1, 0.15) is 11.8 Å². The molecule has 2 aromatic rings. The van der Waals surface area contributed by atoms with Crippen LogP contribution in [0, 0.1) is 0 Å². The van der Waals surface area contributed by atoms with E-state index in [1.165, 1.54) is 10.5 Å². The lowest BCUT2D eigenvalue weighted by Gasteiger charge is -2.33. The first-order chi connectivity index (χ1) is 15.7. The van der Waals surface area contributed by atoms with Crippen LogP contribution < -0.4 is 10.1 Å². The van der Waals surface area contributed by atoms with Gasteiger partial charge in [-0.05, 0) is 62.4 Å². The summed E-state index contributed by atoms with van der Waals surface area (Å²) >= 11 is 12.8. The van der Waals surface area contributed by atoms with Crippen molar-refractivity contribution in [3.05, 3.63) is 63.6 Å². The summed E-state index contributed by atoms with van der Waals surface area (Å²) in [5.41, 5.74) is 1.35. The van der Waals surface area contributed by atoms with E-state index in [0.717, 1.165) is 0 Å². The third kappa shape index (κ3) is 7.92. The van der Waals surface area contributed by atoms with Gasteiger partial charge in [0.25, 0.3) is 5.91 Å². The molecule has 34 heavy (non-hydrogen) atoms. The summed E-state index contributed by atoms with van der Waals surface area (Å²) in [6.45, 7) is 13.9. The van der Waals surface area contributed by atoms with Crippen LogP contribution in [0.5, 0.6) is 5.75 Å². The number of nitrogens with zero attached hydrogens (tertiary/aromatic N) is 1. The fourth-order valence-corrected chi connectivity index (χ4v) is 4.02. The summed E-state index contributed by atoms with van der Waals surface area (Å²) in [4.78, 5) is 28.0. The molecule has 0 spiro atoms. The molecule has 0 bridgehead atoms. The fraction of sp³-hybridized carbons (Fsp3) is 0.481. The van der Waals surface area contributed by atoms with Gasteiger partial charge in [-0.1, -0.05) is 69.1 Å². The van der Waals surface area contributed by atoms with Gasteiger partial charge in [0.2, 0.25) is 5.91 Å². The predicted molar refractivity (Wildman–Crippen MR) is 140 cm³/mol. The maximum absolute atomic E-state index is 13.4. The Hall–Kier alpha value is -2.24. The van der Waals surface area contributed by atoms with Crippen molar-refractivity contribution in [3.8, 4) is 5.75 Å². The molecule has 0 heterocycles. The minimum Gasteiger partial charge on any atom is -0.484 e. The molecule has 1 N–H and O–H groups in total. The summed E-state index contributed by atoms with van der Waals surface area (Å²) in [7, 11) is 0. The number of rotatable bonds is 8. The van der Waals surface area contributed by atoms with Crippen LogP contribution in [0.4, 0.5) is 0 Å². The van der Waals surface area contributed by atoms with E-state index in [-0.39, 0.29) is 30.4 Å². The Labute approximate surface area is 213 Å². The molecule has 0 aliphatic heterocycles. The Balaban J connectivity index is 2.28. The molecule has 1 atom stereocenters. The molecule has 186 valence electrons. The smallest absolute Gasteiger partial charge is 0.261 e. The van der Waals surface area contributed by atoms with Gasteiger partial charge in [0.15, 0.2) is 6.61 Å². The van der Waals surface area contributed by atoms with Crippen LogP contribution >= 0.6 is 23.2 Å². The highest BCUT2D eigenvalue weighted by atomic mass is 35.5. The maximum atomic E-state index is 13.4. The second kappa shape index (κ2) is 11.5. The number of nitrogens with one attached hydrogen (secondary N) is 1. The molecular weight excluding hydrogens is 471 g/mol. The first-order valence-electron chi connectivity index (χ1n) is 11.5. The SMILES string of the molecule is CC[C@@H](C(=O)NC(C)(C)C)N(Cc1c(Cl)cccc1Cl)C(=O)COc1ccc(C(C)(C)C)cc1. The van der Waals surface area contributed by atoms with Crippen molar-refractivity contribution in [3.63, 3.8) is 0 Å². The number of ether oxygens (including phenoxy) is 1. The van der Waals surface area contributed by atoms with Gasteiger partial charge in [-0.2, -0.15) is 0 Å². The highest BCUT2D eigenvalue weighted by Gasteiger charge is 2.31. The maximum Gasteiger partial charge on any atom is 0.261 e. The average molecular weight is 508 g/mol. The Morgan fingerprint density at radius 2 is 1.53 bits per heavy atom. The monoisotopic (exact) mass is 506 g/mol. The molecule has 2 amide bonds. The third-order valence-corrected chi connectivity index (χ3v) is 6.07. The van der Waals surface area contributed by atoms with Crippen molar-refractivity contribution in [1.29, 1.82) is 0 Å². The highest BCUT2D eigenvalue weighted by Crippen LogP contribution is 2.28. The molecule has 0 fully saturated rings. The standard InChI is InChI=1S/C27H36Cl2N2O3/c1-8-23(25(33)30-27(5,6)7)31(16-20-21(28)10-9-11-22(20)29)24(32)17-34-19-14-12-18(13-15-19)26(2,3)4/h9-15,23H,8,16-17H2,1-7H3,(H,30,33)/t23-/m0/s1. The summed E-state index contributed by atoms with van der Waals surface area (Å²) in [5, 5.41) is 3.85. The van der Waals surface area contributed by atoms with Gasteiger partial charge < -0.3 is 15.0 Å². The van der Waals surface area contributed by atoms with Crippen LogP contribution in [0.3, 0.4) is 0 Å². The first kappa shape index (κ1) is 28.0. The van der Waals surface area contributed by atoms with E-state index in [2.05, 4.69) is 26.1 Å². The van der Waals surface area contributed by atoms with Gasteiger partial charge in [-0.3, -0.25) is 9.59 Å². The van der Waals surface area contributed by atoms with Gasteiger partial charge in [0.05, 0.1) is 0 Å². The molecule has 7 heteroatoms. The van der Waals surface area contributed by atoms with Gasteiger partial charge in [0, 0.05) is 27.7 Å². The van der Waals surface area contributed by atoms with Crippen molar-refractivity contribution in [2.24, 2.45) is 0 Å². The van der Waals surface area contributed by atoms with Crippen molar-refractivity contribution in [1.82, 2.24) is 10.2 Å². The minimum atomic E-state index is -0.703. The molecule has 2 aromatic carbocycles. The lowest BCUT2D eigenvalue weighted by Crippen LogP contribution is -2.54. The molecule has 0 saturated heterocycles. The number of halogens is 2. The molecule has 5 nitrogen and oxygen atoms in total. The zero-order valence-electron chi connectivity index (χ0n) is 21.2. The topological polar surface area (TPSA) is 58.6 Å². The zero-order valence-corrected chi connectivity index (χ0v) is 22.7. The van der Waals surface area contributed by atoms with E-state index < -0.39 is 11.6 Å². The zero-order chi connectivity index (χ0) is 25.7. The van der Waals surface area contributed by atoms with Crippen LogP contribution in [0.25, 0.3) is 0 Å². The van der Waals surface area contributed by atoms with Gasteiger partial charge >= 0.3 is 0 Å². The molecule has 0 saturated carbocycles. The van der Waals surface area contributed by atoms with E-state index in [1.54, 1.807) is 18.2 Å². The number of amides is 2. The molecule has 2 rings (SSSR count). The largest absolute Gasteiger partial charge is 0.484 e. The van der Waals surface area contributed by atoms with E-state index in [1.807, 2.05) is 52.0 Å². The van der Waals surface area contributed by atoms with Crippen molar-refractivity contribution >= 4 is 35.0 Å². The number of hydrogen-bond donors (Lipinski definition) is 1. The summed E-state index contributed by atoms with van der Waals surface area (Å²) in [5.74, 6) is 0.0251. The number of benzene rings is 2. The normalized spacial score (nSPS) is 12.7. The quantitative estimate of drug-likeness (QED) is 0.450. The van der Waals surface area contributed by atoms with Crippen LogP contribution in [0.2, 0.25) is 10.0 Å². The number of carbonyl (C=O) groups excluding carboxylic acids is 2. The Morgan fingerprint density at radius 3 is 2.00 bits per heavy atom. The molecule has 0 aliphatic carbocycles. The number of carbonyl (C=O) groups is 2. The van der Waals surface area contributed by atoms with Gasteiger partial charge in [-0.25, -0.2) is 0 Å². The summed E-state index contributed by atoms with van der Waals surface area (Å²) in [6.07, 6.45) is 0.427. The lowest BCUT2D eigenvalue weighted by atomic mass is 9.87. The summed E-state index contributed by atoms with van der Waals surface area (Å²) < 4.78 is 5.80. The molecule has 0 unspecified atom stereocenters. The van der Waals surface area contributed by atoms with Crippen molar-refractivity contribution < 1.29 is 14.3 Å². The van der Waals surface area contributed by atoms with Crippen molar-refractivity contribution in [2.75, 3.05) is 6.61 Å². The Morgan fingerprint density at radius 1 is 0.971 bits per heavy atom. The van der Waals surface area contributed by atoms with E-state index in [9.17, 15) is 9.59 Å². The molecule has 0 aromatic heterocycles. The van der Waals surface area contributed by atoms with Crippen LogP contribution in [-0.2, 0) is 21.5 Å². The van der Waals surface area contributed by atoms with Crippen LogP contribution in [0.1, 0.15) is 66.0 Å². The first-order valence-corrected chi connectivity index (χ1v) is 12.3.